The molecule has 0 atom stereocenters. The van der Waals surface area contributed by atoms with Crippen LogP contribution in [-0.4, -0.2) is 4.57 Å². The minimum absolute atomic E-state index is 0.192. The highest BCUT2D eigenvalue weighted by atomic mass is 19.1. The van der Waals surface area contributed by atoms with Gasteiger partial charge < -0.3 is 10.3 Å². The van der Waals surface area contributed by atoms with Crippen LogP contribution >= 0.6 is 0 Å². The average Bonchev–Trinajstić information content (AvgIpc) is 2.86. The van der Waals surface area contributed by atoms with E-state index < -0.39 is 0 Å². The molecule has 1 aromatic heterocycles. The summed E-state index contributed by atoms with van der Waals surface area (Å²) in [6, 6.07) is 13.5. The van der Waals surface area contributed by atoms with Gasteiger partial charge in [0.15, 0.2) is 0 Å². The molecule has 2 nitrogen and oxygen atoms in total. The van der Waals surface area contributed by atoms with Crippen LogP contribution < -0.4 is 5.73 Å². The largest absolute Gasteiger partial charge is 0.343 e. The van der Waals surface area contributed by atoms with Gasteiger partial charge in [-0.25, -0.2) is 4.39 Å². The molecule has 3 aromatic rings. The zero-order valence-electron chi connectivity index (χ0n) is 11.4. The number of halogens is 1. The molecule has 0 aliphatic rings. The Hall–Kier alpha value is -2.13. The summed E-state index contributed by atoms with van der Waals surface area (Å²) in [5.74, 6) is -0.192. The Morgan fingerprint density at radius 2 is 2.00 bits per heavy atom. The average molecular weight is 268 g/mol. The Balaban J connectivity index is 1.99. The third-order valence-corrected chi connectivity index (χ3v) is 3.73. The van der Waals surface area contributed by atoms with E-state index in [1.165, 1.54) is 17.0 Å². The zero-order valence-corrected chi connectivity index (χ0v) is 11.4. The van der Waals surface area contributed by atoms with Crippen LogP contribution in [0.2, 0.25) is 0 Å². The summed E-state index contributed by atoms with van der Waals surface area (Å²) in [5, 5.41) is 1.21. The zero-order chi connectivity index (χ0) is 14.1. The van der Waals surface area contributed by atoms with Gasteiger partial charge in [0.1, 0.15) is 5.82 Å². The number of rotatable bonds is 3. The van der Waals surface area contributed by atoms with Crippen molar-refractivity contribution in [3.8, 4) is 0 Å². The number of aromatic nitrogens is 1. The molecule has 0 amide bonds. The van der Waals surface area contributed by atoms with E-state index in [0.29, 0.717) is 18.7 Å². The van der Waals surface area contributed by atoms with Crippen molar-refractivity contribution in [3.05, 3.63) is 71.2 Å². The quantitative estimate of drug-likeness (QED) is 0.773. The Labute approximate surface area is 117 Å². The maximum atomic E-state index is 14.0. The third-order valence-electron chi connectivity index (χ3n) is 3.73. The summed E-state index contributed by atoms with van der Waals surface area (Å²) >= 11 is 0. The van der Waals surface area contributed by atoms with Gasteiger partial charge in [0.2, 0.25) is 0 Å². The van der Waals surface area contributed by atoms with Gasteiger partial charge in [-0.3, -0.25) is 0 Å². The van der Waals surface area contributed by atoms with E-state index in [1.54, 1.807) is 0 Å². The Kier molecular flexibility index (Phi) is 3.28. The highest BCUT2D eigenvalue weighted by molar-refractivity contribution is 5.83. The molecule has 0 saturated heterocycles. The lowest BCUT2D eigenvalue weighted by Gasteiger charge is -2.08. The van der Waals surface area contributed by atoms with Crippen LogP contribution in [0, 0.1) is 12.7 Å². The minimum atomic E-state index is -0.192. The normalized spacial score (nSPS) is 11.2. The first kappa shape index (κ1) is 12.9. The second-order valence-corrected chi connectivity index (χ2v) is 5.08. The molecule has 2 aromatic carbocycles. The molecule has 0 aliphatic heterocycles. The summed E-state index contributed by atoms with van der Waals surface area (Å²) in [4.78, 5) is 0. The predicted molar refractivity (Wildman–Crippen MR) is 80.1 cm³/mol. The van der Waals surface area contributed by atoms with Crippen LogP contribution in [0.5, 0.6) is 0 Å². The van der Waals surface area contributed by atoms with Crippen molar-refractivity contribution in [1.29, 1.82) is 0 Å². The standard InChI is InChI=1S/C17H17FN2/c1-12-3-2-4-17-15(12)7-8-20(17)11-14-6-5-13(10-19)9-16(14)18/h2-9H,10-11,19H2,1H3. The van der Waals surface area contributed by atoms with Gasteiger partial charge in [0, 0.05) is 29.2 Å². The first-order chi connectivity index (χ1) is 9.69. The van der Waals surface area contributed by atoms with Gasteiger partial charge in [0.25, 0.3) is 0 Å². The van der Waals surface area contributed by atoms with Crippen molar-refractivity contribution >= 4 is 10.9 Å². The number of hydrogen-bond acceptors (Lipinski definition) is 1. The molecule has 3 rings (SSSR count). The maximum Gasteiger partial charge on any atom is 0.128 e. The van der Waals surface area contributed by atoms with Gasteiger partial charge in [0.05, 0.1) is 6.54 Å². The van der Waals surface area contributed by atoms with Crippen molar-refractivity contribution in [2.45, 2.75) is 20.0 Å². The van der Waals surface area contributed by atoms with Crippen molar-refractivity contribution in [1.82, 2.24) is 4.57 Å². The lowest BCUT2D eigenvalue weighted by molar-refractivity contribution is 0.600. The van der Waals surface area contributed by atoms with Gasteiger partial charge in [-0.05, 0) is 36.2 Å². The number of nitrogens with zero attached hydrogens (tertiary/aromatic N) is 1. The SMILES string of the molecule is Cc1cccc2c1ccn2Cc1ccc(CN)cc1F. The molecular formula is C17H17FN2. The molecule has 2 N–H and O–H groups in total. The highest BCUT2D eigenvalue weighted by Crippen LogP contribution is 2.21. The topological polar surface area (TPSA) is 30.9 Å². The molecule has 0 unspecified atom stereocenters. The molecule has 0 spiro atoms. The van der Waals surface area contributed by atoms with Gasteiger partial charge in [-0.1, -0.05) is 24.3 Å². The van der Waals surface area contributed by atoms with E-state index in [2.05, 4.69) is 29.7 Å². The fraction of sp³-hybridized carbons (Fsp3) is 0.176. The van der Waals surface area contributed by atoms with E-state index in [4.69, 9.17) is 5.73 Å². The third kappa shape index (κ3) is 2.21. The van der Waals surface area contributed by atoms with E-state index in [0.717, 1.165) is 11.1 Å². The van der Waals surface area contributed by atoms with E-state index in [9.17, 15) is 4.39 Å². The van der Waals surface area contributed by atoms with Crippen molar-refractivity contribution in [2.75, 3.05) is 0 Å². The molecule has 3 heteroatoms. The molecular weight excluding hydrogens is 251 g/mol. The molecule has 0 fully saturated rings. The van der Waals surface area contributed by atoms with Crippen LogP contribution in [0.1, 0.15) is 16.7 Å². The lowest BCUT2D eigenvalue weighted by atomic mass is 10.1. The lowest BCUT2D eigenvalue weighted by Crippen LogP contribution is -2.03. The van der Waals surface area contributed by atoms with Crippen LogP contribution in [-0.2, 0) is 13.1 Å². The molecule has 102 valence electrons. The smallest absolute Gasteiger partial charge is 0.128 e. The minimum Gasteiger partial charge on any atom is -0.343 e. The first-order valence-corrected chi connectivity index (χ1v) is 6.71. The summed E-state index contributed by atoms with van der Waals surface area (Å²) in [5.41, 5.74) is 9.39. The van der Waals surface area contributed by atoms with Crippen LogP contribution in [0.25, 0.3) is 10.9 Å². The number of nitrogens with two attached hydrogens (primary N) is 1. The second kappa shape index (κ2) is 5.10. The van der Waals surface area contributed by atoms with Crippen molar-refractivity contribution < 1.29 is 4.39 Å². The van der Waals surface area contributed by atoms with E-state index in [-0.39, 0.29) is 5.82 Å². The van der Waals surface area contributed by atoms with Gasteiger partial charge >= 0.3 is 0 Å². The van der Waals surface area contributed by atoms with Crippen molar-refractivity contribution in [2.24, 2.45) is 5.73 Å². The molecule has 20 heavy (non-hydrogen) atoms. The summed E-state index contributed by atoms with van der Waals surface area (Å²) in [7, 11) is 0. The summed E-state index contributed by atoms with van der Waals surface area (Å²) < 4.78 is 16.1. The number of benzene rings is 2. The second-order valence-electron chi connectivity index (χ2n) is 5.08. The van der Waals surface area contributed by atoms with E-state index in [1.807, 2.05) is 24.4 Å². The van der Waals surface area contributed by atoms with Crippen LogP contribution in [0.3, 0.4) is 0 Å². The molecule has 0 radical (unpaired) electrons. The Bertz CT molecular complexity index is 759. The highest BCUT2D eigenvalue weighted by Gasteiger charge is 2.07. The molecule has 1 heterocycles. The Morgan fingerprint density at radius 3 is 2.75 bits per heavy atom. The fourth-order valence-electron chi connectivity index (χ4n) is 2.54. The van der Waals surface area contributed by atoms with Crippen molar-refractivity contribution in [3.63, 3.8) is 0 Å². The summed E-state index contributed by atoms with van der Waals surface area (Å²) in [6.45, 7) is 2.98. The maximum absolute atomic E-state index is 14.0. The predicted octanol–water partition coefficient (Wildman–Crippen LogP) is 3.60. The summed E-state index contributed by atoms with van der Waals surface area (Å²) in [6.07, 6.45) is 2.01. The van der Waals surface area contributed by atoms with Crippen LogP contribution in [0.4, 0.5) is 4.39 Å². The van der Waals surface area contributed by atoms with Gasteiger partial charge in [-0.15, -0.1) is 0 Å². The first-order valence-electron chi connectivity index (χ1n) is 6.71. The fourth-order valence-corrected chi connectivity index (χ4v) is 2.54. The van der Waals surface area contributed by atoms with Crippen LogP contribution in [0.15, 0.2) is 48.7 Å². The van der Waals surface area contributed by atoms with Gasteiger partial charge in [-0.2, -0.15) is 0 Å². The Morgan fingerprint density at radius 1 is 1.15 bits per heavy atom. The number of aryl methyl sites for hydroxylation is 1. The number of hydrogen-bond donors (Lipinski definition) is 1. The molecule has 0 bridgehead atoms. The molecule has 0 aliphatic carbocycles. The monoisotopic (exact) mass is 268 g/mol. The van der Waals surface area contributed by atoms with E-state index >= 15 is 0 Å². The molecule has 0 saturated carbocycles. The number of fused-ring (bicyclic) bond motifs is 1.